The monoisotopic (exact) mass is 294 g/mol. The zero-order valence-corrected chi connectivity index (χ0v) is 12.6. The fourth-order valence-corrected chi connectivity index (χ4v) is 2.39. The Balaban J connectivity index is 1.95. The van der Waals surface area contributed by atoms with Gasteiger partial charge in [0.2, 0.25) is 0 Å². The van der Waals surface area contributed by atoms with Gasteiger partial charge in [0.1, 0.15) is 0 Å². The molecule has 0 heterocycles. The number of aromatic hydroxyl groups is 2. The molecular weight excluding hydrogens is 268 g/mol. The Morgan fingerprint density at radius 3 is 1.95 bits per heavy atom. The highest BCUT2D eigenvalue weighted by molar-refractivity contribution is 5.66. The highest BCUT2D eigenvalue weighted by atomic mass is 16.4. The SMILES string of the molecule is O=C(O)CCCCCCCCCCc1ccc(O)c(O)c1. The van der Waals surface area contributed by atoms with Crippen molar-refractivity contribution in [1.82, 2.24) is 0 Å². The maximum absolute atomic E-state index is 10.3. The summed E-state index contributed by atoms with van der Waals surface area (Å²) in [6.07, 6.45) is 9.97. The van der Waals surface area contributed by atoms with Gasteiger partial charge in [0.25, 0.3) is 0 Å². The summed E-state index contributed by atoms with van der Waals surface area (Å²) >= 11 is 0. The van der Waals surface area contributed by atoms with Crippen LogP contribution in [0.5, 0.6) is 11.5 Å². The molecular formula is C17H26O4. The Labute approximate surface area is 126 Å². The summed E-state index contributed by atoms with van der Waals surface area (Å²) < 4.78 is 0. The maximum Gasteiger partial charge on any atom is 0.303 e. The van der Waals surface area contributed by atoms with Crippen molar-refractivity contribution in [3.63, 3.8) is 0 Å². The molecule has 0 saturated carbocycles. The zero-order valence-electron chi connectivity index (χ0n) is 12.6. The fourth-order valence-electron chi connectivity index (χ4n) is 2.39. The summed E-state index contributed by atoms with van der Waals surface area (Å²) in [5.74, 6) is -0.814. The summed E-state index contributed by atoms with van der Waals surface area (Å²) in [4.78, 5) is 10.3. The van der Waals surface area contributed by atoms with Crippen molar-refractivity contribution in [3.8, 4) is 11.5 Å². The molecule has 0 aliphatic carbocycles. The number of aryl methyl sites for hydroxylation is 1. The van der Waals surface area contributed by atoms with E-state index in [4.69, 9.17) is 5.11 Å². The van der Waals surface area contributed by atoms with E-state index in [0.29, 0.717) is 6.42 Å². The topological polar surface area (TPSA) is 77.8 Å². The normalized spacial score (nSPS) is 10.7. The predicted molar refractivity (Wildman–Crippen MR) is 82.7 cm³/mol. The average Bonchev–Trinajstić information content (AvgIpc) is 2.44. The number of benzene rings is 1. The summed E-state index contributed by atoms with van der Waals surface area (Å²) in [7, 11) is 0. The lowest BCUT2D eigenvalue weighted by Gasteiger charge is -2.04. The van der Waals surface area contributed by atoms with E-state index >= 15 is 0 Å². The second-order valence-electron chi connectivity index (χ2n) is 5.55. The molecule has 4 nitrogen and oxygen atoms in total. The van der Waals surface area contributed by atoms with Gasteiger partial charge in [-0.3, -0.25) is 4.79 Å². The van der Waals surface area contributed by atoms with Crippen molar-refractivity contribution < 1.29 is 20.1 Å². The lowest BCUT2D eigenvalue weighted by atomic mass is 10.0. The summed E-state index contributed by atoms with van der Waals surface area (Å²) in [5.41, 5.74) is 1.05. The number of phenolic OH excluding ortho intramolecular Hbond substituents is 2. The van der Waals surface area contributed by atoms with Crippen molar-refractivity contribution in [2.45, 2.75) is 64.2 Å². The van der Waals surface area contributed by atoms with Crippen LogP contribution in [0.3, 0.4) is 0 Å². The number of carbonyl (C=O) groups is 1. The number of hydrogen-bond acceptors (Lipinski definition) is 3. The van der Waals surface area contributed by atoms with E-state index in [1.807, 2.05) is 6.07 Å². The van der Waals surface area contributed by atoms with E-state index in [-0.39, 0.29) is 11.5 Å². The van der Waals surface area contributed by atoms with Crippen LogP contribution in [0.4, 0.5) is 0 Å². The molecule has 0 aliphatic rings. The summed E-state index contributed by atoms with van der Waals surface area (Å²) in [5, 5.41) is 27.1. The summed E-state index contributed by atoms with van der Waals surface area (Å²) in [6, 6.07) is 5.00. The van der Waals surface area contributed by atoms with Crippen molar-refractivity contribution in [2.75, 3.05) is 0 Å². The predicted octanol–water partition coefficient (Wildman–Crippen LogP) is 4.24. The molecule has 118 valence electrons. The molecule has 1 aromatic rings. The third-order valence-electron chi connectivity index (χ3n) is 3.65. The van der Waals surface area contributed by atoms with Crippen molar-refractivity contribution in [2.24, 2.45) is 0 Å². The number of phenols is 2. The highest BCUT2D eigenvalue weighted by Gasteiger charge is 2.01. The zero-order chi connectivity index (χ0) is 15.5. The van der Waals surface area contributed by atoms with Gasteiger partial charge in [-0.25, -0.2) is 0 Å². The van der Waals surface area contributed by atoms with E-state index in [1.54, 1.807) is 6.07 Å². The van der Waals surface area contributed by atoms with Crippen LogP contribution in [0.2, 0.25) is 0 Å². The number of hydrogen-bond donors (Lipinski definition) is 3. The molecule has 1 aromatic carbocycles. The van der Waals surface area contributed by atoms with Gasteiger partial charge in [-0.1, -0.05) is 44.6 Å². The molecule has 4 heteroatoms. The molecule has 3 N–H and O–H groups in total. The molecule has 0 bridgehead atoms. The molecule has 1 rings (SSSR count). The largest absolute Gasteiger partial charge is 0.504 e. The lowest BCUT2D eigenvalue weighted by molar-refractivity contribution is -0.137. The standard InChI is InChI=1S/C17H26O4/c18-15-12-11-14(13-16(15)19)9-7-5-3-1-2-4-6-8-10-17(20)21/h11-13,18-19H,1-10H2,(H,20,21). The average molecular weight is 294 g/mol. The molecule has 0 radical (unpaired) electrons. The van der Waals surface area contributed by atoms with Crippen molar-refractivity contribution >= 4 is 5.97 Å². The van der Waals surface area contributed by atoms with Crippen molar-refractivity contribution in [3.05, 3.63) is 23.8 Å². The highest BCUT2D eigenvalue weighted by Crippen LogP contribution is 2.25. The fraction of sp³-hybridized carbons (Fsp3) is 0.588. The van der Waals surface area contributed by atoms with Gasteiger partial charge < -0.3 is 15.3 Å². The molecule has 0 saturated heterocycles. The second kappa shape index (κ2) is 10.1. The number of aliphatic carboxylic acids is 1. The molecule has 0 unspecified atom stereocenters. The first-order valence-corrected chi connectivity index (χ1v) is 7.82. The van der Waals surface area contributed by atoms with Crippen LogP contribution in [-0.2, 0) is 11.2 Å². The third kappa shape index (κ3) is 8.23. The van der Waals surface area contributed by atoms with Crippen LogP contribution in [0.25, 0.3) is 0 Å². The molecule has 0 fully saturated rings. The van der Waals surface area contributed by atoms with Gasteiger partial charge in [-0.05, 0) is 37.0 Å². The number of rotatable bonds is 11. The Hall–Kier alpha value is -1.71. The quantitative estimate of drug-likeness (QED) is 0.421. The molecule has 21 heavy (non-hydrogen) atoms. The van der Waals surface area contributed by atoms with Crippen LogP contribution in [0.1, 0.15) is 63.4 Å². The minimum Gasteiger partial charge on any atom is -0.504 e. The molecule has 0 amide bonds. The van der Waals surface area contributed by atoms with Gasteiger partial charge in [0.15, 0.2) is 11.5 Å². The van der Waals surface area contributed by atoms with Gasteiger partial charge in [0.05, 0.1) is 0 Å². The minimum atomic E-state index is -0.699. The second-order valence-corrected chi connectivity index (χ2v) is 5.55. The number of carboxylic acids is 1. The smallest absolute Gasteiger partial charge is 0.303 e. The van der Waals surface area contributed by atoms with Gasteiger partial charge >= 0.3 is 5.97 Å². The lowest BCUT2D eigenvalue weighted by Crippen LogP contribution is -1.93. The summed E-state index contributed by atoms with van der Waals surface area (Å²) in [6.45, 7) is 0. The minimum absolute atomic E-state index is 0.0474. The van der Waals surface area contributed by atoms with Crippen LogP contribution >= 0.6 is 0 Å². The van der Waals surface area contributed by atoms with Crippen LogP contribution in [-0.4, -0.2) is 21.3 Å². The molecule has 0 spiro atoms. The number of unbranched alkanes of at least 4 members (excludes halogenated alkanes) is 7. The van der Waals surface area contributed by atoms with Gasteiger partial charge in [0, 0.05) is 6.42 Å². The first-order chi connectivity index (χ1) is 10.1. The van der Waals surface area contributed by atoms with E-state index in [2.05, 4.69) is 0 Å². The van der Waals surface area contributed by atoms with E-state index in [9.17, 15) is 15.0 Å². The molecule has 0 aliphatic heterocycles. The molecule has 0 atom stereocenters. The first kappa shape index (κ1) is 17.3. The van der Waals surface area contributed by atoms with E-state index in [0.717, 1.165) is 44.1 Å². The van der Waals surface area contributed by atoms with Crippen LogP contribution < -0.4 is 0 Å². The van der Waals surface area contributed by atoms with Crippen LogP contribution in [0, 0.1) is 0 Å². The van der Waals surface area contributed by atoms with Crippen LogP contribution in [0.15, 0.2) is 18.2 Å². The first-order valence-electron chi connectivity index (χ1n) is 7.82. The van der Waals surface area contributed by atoms with Gasteiger partial charge in [-0.2, -0.15) is 0 Å². The maximum atomic E-state index is 10.3. The number of carboxylic acid groups (broad SMARTS) is 1. The van der Waals surface area contributed by atoms with Gasteiger partial charge in [-0.15, -0.1) is 0 Å². The van der Waals surface area contributed by atoms with Crippen molar-refractivity contribution in [1.29, 1.82) is 0 Å². The third-order valence-corrected chi connectivity index (χ3v) is 3.65. The Morgan fingerprint density at radius 2 is 1.38 bits per heavy atom. The Morgan fingerprint density at radius 1 is 0.810 bits per heavy atom. The van der Waals surface area contributed by atoms with E-state index < -0.39 is 5.97 Å². The van der Waals surface area contributed by atoms with E-state index in [1.165, 1.54) is 25.3 Å². The Kier molecular flexibility index (Phi) is 8.32. The molecule has 0 aromatic heterocycles. The Bertz CT molecular complexity index is 429.